The molecule has 0 spiro atoms. The number of hydrogen-bond acceptors (Lipinski definition) is 5. The van der Waals surface area contributed by atoms with E-state index in [0.29, 0.717) is 13.1 Å². The number of nitrogens with one attached hydrogen (secondary N) is 1. The number of carbonyl (C=O) groups is 2. The monoisotopic (exact) mass is 295 g/mol. The van der Waals surface area contributed by atoms with Gasteiger partial charge in [0.25, 0.3) is 0 Å². The molecule has 1 aliphatic rings. The Bertz CT molecular complexity index is 411. The summed E-state index contributed by atoms with van der Waals surface area (Å²) in [7, 11) is 1.36. The van der Waals surface area contributed by atoms with Crippen LogP contribution >= 0.6 is 0 Å². The number of amides is 1. The molecule has 1 aliphatic carbocycles. The maximum atomic E-state index is 12.1. The Labute approximate surface area is 126 Å². The van der Waals surface area contributed by atoms with Gasteiger partial charge in [0.15, 0.2) is 0 Å². The molecule has 21 heavy (non-hydrogen) atoms. The molecule has 1 rings (SSSR count). The van der Waals surface area contributed by atoms with Crippen LogP contribution in [0.15, 0.2) is 0 Å². The molecule has 0 radical (unpaired) electrons. The van der Waals surface area contributed by atoms with Crippen molar-refractivity contribution < 1.29 is 14.3 Å². The van der Waals surface area contributed by atoms with E-state index in [9.17, 15) is 14.9 Å². The summed E-state index contributed by atoms with van der Waals surface area (Å²) >= 11 is 0. The molecule has 0 bridgehead atoms. The zero-order chi connectivity index (χ0) is 15.9. The van der Waals surface area contributed by atoms with E-state index in [2.05, 4.69) is 11.4 Å². The second-order valence-electron chi connectivity index (χ2n) is 5.70. The van der Waals surface area contributed by atoms with Crippen LogP contribution in [0.25, 0.3) is 0 Å². The van der Waals surface area contributed by atoms with E-state index in [0.717, 1.165) is 25.7 Å². The van der Waals surface area contributed by atoms with Crippen LogP contribution in [0.4, 0.5) is 0 Å². The summed E-state index contributed by atoms with van der Waals surface area (Å²) in [5, 5.41) is 12.1. The van der Waals surface area contributed by atoms with Gasteiger partial charge in [-0.25, -0.2) is 0 Å². The van der Waals surface area contributed by atoms with Gasteiger partial charge in [0.2, 0.25) is 5.91 Å². The third kappa shape index (κ3) is 5.01. The molecule has 1 atom stereocenters. The van der Waals surface area contributed by atoms with Gasteiger partial charge in [-0.2, -0.15) is 5.26 Å². The van der Waals surface area contributed by atoms with Gasteiger partial charge >= 0.3 is 5.97 Å². The standard InChI is InChI=1S/C15H25N3O3/c1-4-18(9-12(2)14(20)21-3)10-13(19)17-15(11-16)7-5-6-8-15/h12H,4-10H2,1-3H3,(H,17,19)/t12-/m0/s1. The molecule has 1 N–H and O–H groups in total. The molecule has 0 aromatic heterocycles. The number of carbonyl (C=O) groups excluding carboxylic acids is 2. The molecular formula is C15H25N3O3. The number of rotatable bonds is 7. The molecular weight excluding hydrogens is 270 g/mol. The molecule has 6 nitrogen and oxygen atoms in total. The summed E-state index contributed by atoms with van der Waals surface area (Å²) in [6.07, 6.45) is 3.40. The summed E-state index contributed by atoms with van der Waals surface area (Å²) in [5.41, 5.74) is -0.690. The predicted molar refractivity (Wildman–Crippen MR) is 78.2 cm³/mol. The molecule has 0 saturated heterocycles. The van der Waals surface area contributed by atoms with E-state index >= 15 is 0 Å². The number of hydrogen-bond donors (Lipinski definition) is 1. The lowest BCUT2D eigenvalue weighted by Crippen LogP contribution is -2.49. The maximum absolute atomic E-state index is 12.1. The van der Waals surface area contributed by atoms with Gasteiger partial charge in [-0.3, -0.25) is 14.5 Å². The molecule has 0 heterocycles. The van der Waals surface area contributed by atoms with Crippen LogP contribution in [0.1, 0.15) is 39.5 Å². The van der Waals surface area contributed by atoms with E-state index in [1.807, 2.05) is 11.8 Å². The Hall–Kier alpha value is -1.61. The first-order chi connectivity index (χ1) is 9.96. The van der Waals surface area contributed by atoms with Crippen molar-refractivity contribution in [2.75, 3.05) is 26.7 Å². The second kappa shape index (κ2) is 7.99. The first-order valence-corrected chi connectivity index (χ1v) is 7.48. The van der Waals surface area contributed by atoms with Gasteiger partial charge in [0, 0.05) is 6.54 Å². The van der Waals surface area contributed by atoms with Crippen LogP contribution < -0.4 is 5.32 Å². The van der Waals surface area contributed by atoms with Crippen molar-refractivity contribution in [2.45, 2.75) is 45.1 Å². The normalized spacial score (nSPS) is 18.0. The number of nitriles is 1. The summed E-state index contributed by atoms with van der Waals surface area (Å²) in [4.78, 5) is 25.5. The van der Waals surface area contributed by atoms with Crippen LogP contribution in [-0.2, 0) is 14.3 Å². The van der Waals surface area contributed by atoms with Crippen molar-refractivity contribution in [3.8, 4) is 6.07 Å². The minimum absolute atomic E-state index is 0.155. The molecule has 118 valence electrons. The van der Waals surface area contributed by atoms with Crippen molar-refractivity contribution in [1.29, 1.82) is 5.26 Å². The van der Waals surface area contributed by atoms with E-state index in [4.69, 9.17) is 4.74 Å². The topological polar surface area (TPSA) is 82.4 Å². The Morgan fingerprint density at radius 2 is 2.05 bits per heavy atom. The molecule has 1 fully saturated rings. The minimum atomic E-state index is -0.690. The molecule has 0 unspecified atom stereocenters. The molecule has 6 heteroatoms. The van der Waals surface area contributed by atoms with Crippen molar-refractivity contribution >= 4 is 11.9 Å². The average molecular weight is 295 g/mol. The smallest absolute Gasteiger partial charge is 0.309 e. The lowest BCUT2D eigenvalue weighted by atomic mass is 10.00. The van der Waals surface area contributed by atoms with Crippen LogP contribution in [0.2, 0.25) is 0 Å². The Balaban J connectivity index is 2.51. The Kier molecular flexibility index (Phi) is 6.63. The Morgan fingerprint density at radius 3 is 2.52 bits per heavy atom. The fraction of sp³-hybridized carbons (Fsp3) is 0.800. The quantitative estimate of drug-likeness (QED) is 0.710. The van der Waals surface area contributed by atoms with Gasteiger partial charge in [0.1, 0.15) is 5.54 Å². The zero-order valence-electron chi connectivity index (χ0n) is 13.1. The van der Waals surface area contributed by atoms with Crippen molar-refractivity contribution in [3.63, 3.8) is 0 Å². The van der Waals surface area contributed by atoms with Gasteiger partial charge < -0.3 is 10.1 Å². The minimum Gasteiger partial charge on any atom is -0.469 e. The van der Waals surface area contributed by atoms with Gasteiger partial charge in [0.05, 0.1) is 25.6 Å². The first-order valence-electron chi connectivity index (χ1n) is 7.48. The van der Waals surface area contributed by atoms with Crippen LogP contribution in [-0.4, -0.2) is 49.1 Å². The SMILES string of the molecule is CCN(CC(=O)NC1(C#N)CCCC1)C[C@H](C)C(=O)OC. The third-order valence-electron chi connectivity index (χ3n) is 4.00. The molecule has 0 aromatic rings. The lowest BCUT2D eigenvalue weighted by Gasteiger charge is -2.26. The third-order valence-corrected chi connectivity index (χ3v) is 4.00. The summed E-state index contributed by atoms with van der Waals surface area (Å²) in [6, 6.07) is 2.24. The first kappa shape index (κ1) is 17.4. The number of esters is 1. The van der Waals surface area contributed by atoms with E-state index < -0.39 is 5.54 Å². The lowest BCUT2D eigenvalue weighted by molar-refractivity contribution is -0.145. The van der Waals surface area contributed by atoms with E-state index in [1.54, 1.807) is 6.92 Å². The van der Waals surface area contributed by atoms with Crippen molar-refractivity contribution in [1.82, 2.24) is 10.2 Å². The summed E-state index contributed by atoms with van der Waals surface area (Å²) in [5.74, 6) is -0.713. The number of ether oxygens (including phenoxy) is 1. The Morgan fingerprint density at radius 1 is 1.43 bits per heavy atom. The van der Waals surface area contributed by atoms with Gasteiger partial charge in [-0.1, -0.05) is 13.8 Å². The summed E-state index contributed by atoms with van der Waals surface area (Å²) in [6.45, 7) is 5.04. The van der Waals surface area contributed by atoms with Gasteiger partial charge in [-0.15, -0.1) is 0 Å². The molecule has 1 saturated carbocycles. The highest BCUT2D eigenvalue weighted by atomic mass is 16.5. The number of likely N-dealkylation sites (N-methyl/N-ethyl adjacent to an activating group) is 1. The average Bonchev–Trinajstić information content (AvgIpc) is 2.94. The van der Waals surface area contributed by atoms with Gasteiger partial charge in [-0.05, 0) is 32.2 Å². The van der Waals surface area contributed by atoms with Crippen molar-refractivity contribution in [2.24, 2.45) is 5.92 Å². The van der Waals surface area contributed by atoms with E-state index in [1.165, 1.54) is 7.11 Å². The highest BCUT2D eigenvalue weighted by Gasteiger charge is 2.35. The zero-order valence-corrected chi connectivity index (χ0v) is 13.1. The highest BCUT2D eigenvalue weighted by Crippen LogP contribution is 2.28. The summed E-state index contributed by atoms with van der Waals surface area (Å²) < 4.78 is 4.69. The molecule has 0 aromatic carbocycles. The molecule has 1 amide bonds. The largest absolute Gasteiger partial charge is 0.469 e. The fourth-order valence-corrected chi connectivity index (χ4v) is 2.72. The number of methoxy groups -OCH3 is 1. The number of nitrogens with zero attached hydrogens (tertiary/aromatic N) is 2. The predicted octanol–water partition coefficient (Wildman–Crippen LogP) is 1.07. The highest BCUT2D eigenvalue weighted by molar-refractivity contribution is 5.79. The maximum Gasteiger partial charge on any atom is 0.309 e. The van der Waals surface area contributed by atoms with E-state index in [-0.39, 0.29) is 24.3 Å². The van der Waals surface area contributed by atoms with Crippen LogP contribution in [0.5, 0.6) is 0 Å². The molecule has 0 aliphatic heterocycles. The van der Waals surface area contributed by atoms with Crippen LogP contribution in [0, 0.1) is 17.2 Å². The fourth-order valence-electron chi connectivity index (χ4n) is 2.72. The van der Waals surface area contributed by atoms with Crippen molar-refractivity contribution in [3.05, 3.63) is 0 Å². The second-order valence-corrected chi connectivity index (χ2v) is 5.70. The van der Waals surface area contributed by atoms with Crippen LogP contribution in [0.3, 0.4) is 0 Å².